The van der Waals surface area contributed by atoms with Crippen molar-refractivity contribution < 1.29 is 22.8 Å². The van der Waals surface area contributed by atoms with Gasteiger partial charge in [0.15, 0.2) is 5.69 Å². The van der Waals surface area contributed by atoms with Crippen LogP contribution in [0.3, 0.4) is 0 Å². The zero-order chi connectivity index (χ0) is 20.4. The summed E-state index contributed by atoms with van der Waals surface area (Å²) in [7, 11) is 0. The van der Waals surface area contributed by atoms with Gasteiger partial charge in [-0.25, -0.2) is 4.79 Å². The third kappa shape index (κ3) is 4.28. The summed E-state index contributed by atoms with van der Waals surface area (Å²) in [6, 6.07) is 5.57. The first-order chi connectivity index (χ1) is 13.9. The predicted octanol–water partition coefficient (Wildman–Crippen LogP) is 3.47. The van der Waals surface area contributed by atoms with E-state index in [0.717, 1.165) is 47.5 Å². The molecule has 1 aliphatic carbocycles. The molecule has 0 bridgehead atoms. The average Bonchev–Trinajstić information content (AvgIpc) is 3.41. The topological polar surface area (TPSA) is 96.9 Å². The first-order valence-corrected chi connectivity index (χ1v) is 9.20. The lowest BCUT2D eigenvalue weighted by Crippen LogP contribution is -2.31. The second-order valence-electron chi connectivity index (χ2n) is 6.85. The number of fused-ring (bicyclic) bond motifs is 1. The second kappa shape index (κ2) is 7.64. The largest absolute Gasteiger partial charge is 0.435 e. The Labute approximate surface area is 163 Å². The van der Waals surface area contributed by atoms with E-state index in [2.05, 4.69) is 25.9 Å². The quantitative estimate of drug-likeness (QED) is 0.602. The Kier molecular flexibility index (Phi) is 5.03. The van der Waals surface area contributed by atoms with Crippen molar-refractivity contribution in [2.45, 2.75) is 44.5 Å². The first-order valence-electron chi connectivity index (χ1n) is 9.20. The molecule has 0 saturated heterocycles. The SMILES string of the molecule is O=C(NCc1cc(C(F)(F)F)nn1OC1CCCC1)Nc1cccc2[nH]ncc12. The zero-order valence-corrected chi connectivity index (χ0v) is 15.3. The fourth-order valence-electron chi connectivity index (χ4n) is 3.30. The van der Waals surface area contributed by atoms with Gasteiger partial charge in [-0.05, 0) is 43.9 Å². The Morgan fingerprint density at radius 2 is 2.10 bits per heavy atom. The number of halogens is 3. The summed E-state index contributed by atoms with van der Waals surface area (Å²) in [6.45, 7) is -0.178. The van der Waals surface area contributed by atoms with Crippen LogP contribution in [0.5, 0.6) is 0 Å². The number of amides is 2. The van der Waals surface area contributed by atoms with Crippen LogP contribution in [-0.2, 0) is 12.7 Å². The lowest BCUT2D eigenvalue weighted by Gasteiger charge is -2.15. The lowest BCUT2D eigenvalue weighted by molar-refractivity contribution is -0.143. The maximum absolute atomic E-state index is 13.1. The Balaban J connectivity index is 1.45. The van der Waals surface area contributed by atoms with Crippen LogP contribution in [0.4, 0.5) is 23.7 Å². The molecule has 2 heterocycles. The number of hydrogen-bond donors (Lipinski definition) is 3. The monoisotopic (exact) mass is 408 g/mol. The van der Waals surface area contributed by atoms with E-state index < -0.39 is 17.9 Å². The van der Waals surface area contributed by atoms with Crippen molar-refractivity contribution in [2.24, 2.45) is 0 Å². The molecule has 0 unspecified atom stereocenters. The molecule has 0 radical (unpaired) electrons. The van der Waals surface area contributed by atoms with Gasteiger partial charge in [-0.3, -0.25) is 5.10 Å². The number of alkyl halides is 3. The molecule has 2 amide bonds. The molecular weight excluding hydrogens is 389 g/mol. The van der Waals surface area contributed by atoms with Gasteiger partial charge in [0.25, 0.3) is 0 Å². The minimum atomic E-state index is -4.60. The van der Waals surface area contributed by atoms with Gasteiger partial charge in [0, 0.05) is 5.39 Å². The Hall–Kier alpha value is -3.24. The summed E-state index contributed by atoms with van der Waals surface area (Å²) in [5.74, 6) is 0. The summed E-state index contributed by atoms with van der Waals surface area (Å²) in [5.41, 5.74) is 0.331. The van der Waals surface area contributed by atoms with Gasteiger partial charge in [0.05, 0.1) is 29.6 Å². The molecule has 29 heavy (non-hydrogen) atoms. The fraction of sp³-hybridized carbons (Fsp3) is 0.389. The number of hydrogen-bond acceptors (Lipinski definition) is 4. The average molecular weight is 408 g/mol. The molecule has 154 valence electrons. The molecule has 11 heteroatoms. The van der Waals surface area contributed by atoms with Crippen molar-refractivity contribution >= 4 is 22.6 Å². The number of anilines is 1. The minimum Gasteiger partial charge on any atom is -0.393 e. The van der Waals surface area contributed by atoms with Gasteiger partial charge < -0.3 is 15.5 Å². The van der Waals surface area contributed by atoms with E-state index in [-0.39, 0.29) is 18.3 Å². The number of nitrogens with zero attached hydrogens (tertiary/aromatic N) is 3. The van der Waals surface area contributed by atoms with Crippen LogP contribution < -0.4 is 15.5 Å². The number of urea groups is 1. The van der Waals surface area contributed by atoms with Gasteiger partial charge in [-0.2, -0.15) is 18.3 Å². The molecule has 3 aromatic rings. The number of aromatic nitrogens is 4. The standard InChI is InChI=1S/C18H19F3N6O2/c19-18(20,21)16-8-11(27(26-16)29-12-4-1-2-5-12)9-22-17(28)24-14-6-3-7-15-13(14)10-23-25-15/h3,6-8,10,12H,1-2,4-5,9H2,(H,23,25)(H2,22,24,28). The summed E-state index contributed by atoms with van der Waals surface area (Å²) < 4.78 is 39.2. The summed E-state index contributed by atoms with van der Waals surface area (Å²) in [5, 5.41) is 16.2. The van der Waals surface area contributed by atoms with Gasteiger partial charge in [0.1, 0.15) is 6.10 Å². The van der Waals surface area contributed by atoms with Crippen LogP contribution in [-0.4, -0.2) is 32.3 Å². The molecule has 0 aliphatic heterocycles. The highest BCUT2D eigenvalue weighted by atomic mass is 19.4. The van der Waals surface area contributed by atoms with Crippen molar-refractivity contribution in [1.82, 2.24) is 25.5 Å². The third-order valence-corrected chi connectivity index (χ3v) is 4.75. The highest BCUT2D eigenvalue weighted by Crippen LogP contribution is 2.29. The summed E-state index contributed by atoms with van der Waals surface area (Å²) in [6.07, 6.45) is 0.263. The third-order valence-electron chi connectivity index (χ3n) is 4.75. The van der Waals surface area contributed by atoms with Gasteiger partial charge >= 0.3 is 12.2 Å². The van der Waals surface area contributed by atoms with Crippen molar-refractivity contribution in [3.8, 4) is 0 Å². The molecule has 1 aliphatic rings. The highest BCUT2D eigenvalue weighted by molar-refractivity contribution is 6.00. The molecule has 0 atom stereocenters. The molecular formula is C18H19F3N6O2. The fourth-order valence-corrected chi connectivity index (χ4v) is 3.30. The molecule has 2 aromatic heterocycles. The maximum atomic E-state index is 13.1. The van der Waals surface area contributed by atoms with Crippen molar-refractivity contribution in [2.75, 3.05) is 5.32 Å². The van der Waals surface area contributed by atoms with Crippen LogP contribution in [0, 0.1) is 0 Å². The second-order valence-corrected chi connectivity index (χ2v) is 6.85. The number of rotatable bonds is 5. The first kappa shape index (κ1) is 19.1. The van der Waals surface area contributed by atoms with Crippen LogP contribution >= 0.6 is 0 Å². The van der Waals surface area contributed by atoms with E-state index in [1.54, 1.807) is 18.3 Å². The predicted molar refractivity (Wildman–Crippen MR) is 98.0 cm³/mol. The van der Waals surface area contributed by atoms with E-state index in [1.807, 2.05) is 6.07 Å². The molecule has 8 nitrogen and oxygen atoms in total. The number of benzene rings is 1. The van der Waals surface area contributed by atoms with E-state index in [9.17, 15) is 18.0 Å². The Bertz CT molecular complexity index is 1010. The van der Waals surface area contributed by atoms with Crippen LogP contribution in [0.2, 0.25) is 0 Å². The highest BCUT2D eigenvalue weighted by Gasteiger charge is 2.35. The van der Waals surface area contributed by atoms with E-state index in [1.165, 1.54) is 0 Å². The number of H-pyrrole nitrogens is 1. The molecule has 4 rings (SSSR count). The molecule has 1 fully saturated rings. The lowest BCUT2D eigenvalue weighted by atomic mass is 10.2. The Morgan fingerprint density at radius 3 is 2.86 bits per heavy atom. The van der Waals surface area contributed by atoms with E-state index in [4.69, 9.17) is 4.84 Å². The van der Waals surface area contributed by atoms with Gasteiger partial charge in [0.2, 0.25) is 0 Å². The summed E-state index contributed by atoms with van der Waals surface area (Å²) >= 11 is 0. The normalized spacial score (nSPS) is 15.0. The van der Waals surface area contributed by atoms with E-state index >= 15 is 0 Å². The molecule has 1 aromatic carbocycles. The number of aromatic amines is 1. The van der Waals surface area contributed by atoms with Crippen LogP contribution in [0.25, 0.3) is 10.9 Å². The van der Waals surface area contributed by atoms with Crippen molar-refractivity contribution in [3.63, 3.8) is 0 Å². The Morgan fingerprint density at radius 1 is 1.31 bits per heavy atom. The molecule has 1 saturated carbocycles. The van der Waals surface area contributed by atoms with E-state index in [0.29, 0.717) is 5.69 Å². The maximum Gasteiger partial charge on any atom is 0.435 e. The van der Waals surface area contributed by atoms with Crippen LogP contribution in [0.15, 0.2) is 30.5 Å². The van der Waals surface area contributed by atoms with Crippen molar-refractivity contribution in [3.05, 3.63) is 41.9 Å². The number of carbonyl (C=O) groups excluding carboxylic acids is 1. The number of nitrogens with one attached hydrogen (secondary N) is 3. The molecule has 3 N–H and O–H groups in total. The van der Waals surface area contributed by atoms with Gasteiger partial charge in [-0.15, -0.1) is 9.94 Å². The van der Waals surface area contributed by atoms with Crippen LogP contribution in [0.1, 0.15) is 37.1 Å². The van der Waals surface area contributed by atoms with Crippen molar-refractivity contribution in [1.29, 1.82) is 0 Å². The minimum absolute atomic E-state index is 0.112. The smallest absolute Gasteiger partial charge is 0.393 e. The van der Waals surface area contributed by atoms with Gasteiger partial charge in [-0.1, -0.05) is 6.07 Å². The molecule has 0 spiro atoms. The summed E-state index contributed by atoms with van der Waals surface area (Å²) in [4.78, 5) is 18.8. The zero-order valence-electron chi connectivity index (χ0n) is 15.3. The number of carbonyl (C=O) groups is 1.